The Morgan fingerprint density at radius 3 is 2.91 bits per heavy atom. The van der Waals surface area contributed by atoms with Crippen molar-refractivity contribution in [3.63, 3.8) is 0 Å². The van der Waals surface area contributed by atoms with Crippen LogP contribution in [0, 0.1) is 12.8 Å². The molecule has 0 bridgehead atoms. The molecular weight excluding hydrogens is 288 g/mol. The number of ether oxygens (including phenoxy) is 1. The van der Waals surface area contributed by atoms with Gasteiger partial charge in [0, 0.05) is 38.8 Å². The van der Waals surface area contributed by atoms with Gasteiger partial charge in [0.2, 0.25) is 5.91 Å². The molecule has 1 amide bonds. The van der Waals surface area contributed by atoms with E-state index in [1.165, 1.54) is 5.56 Å². The SMILES string of the molecule is Cc1cccc(/C=C\C(=O)N2CC[C@H](CN3CCOCC3)C2)c1. The molecular formula is C19H26N2O2. The monoisotopic (exact) mass is 314 g/mol. The second-order valence-corrected chi connectivity index (χ2v) is 6.60. The highest BCUT2D eigenvalue weighted by atomic mass is 16.5. The summed E-state index contributed by atoms with van der Waals surface area (Å²) in [6, 6.07) is 8.21. The molecule has 2 heterocycles. The topological polar surface area (TPSA) is 32.8 Å². The third-order valence-corrected chi connectivity index (χ3v) is 4.68. The summed E-state index contributed by atoms with van der Waals surface area (Å²) < 4.78 is 5.39. The maximum absolute atomic E-state index is 12.3. The van der Waals surface area contributed by atoms with E-state index in [1.807, 2.05) is 23.1 Å². The van der Waals surface area contributed by atoms with Crippen molar-refractivity contribution in [2.45, 2.75) is 13.3 Å². The van der Waals surface area contributed by atoms with Gasteiger partial charge in [0.15, 0.2) is 0 Å². The lowest BCUT2D eigenvalue weighted by Gasteiger charge is -2.28. The molecule has 2 fully saturated rings. The average molecular weight is 314 g/mol. The molecule has 1 aromatic rings. The van der Waals surface area contributed by atoms with Crippen LogP contribution in [-0.4, -0.2) is 61.6 Å². The lowest BCUT2D eigenvalue weighted by Crippen LogP contribution is -2.40. The predicted molar refractivity (Wildman–Crippen MR) is 92.2 cm³/mol. The summed E-state index contributed by atoms with van der Waals surface area (Å²) in [6.45, 7) is 8.66. The molecule has 2 saturated heterocycles. The molecule has 0 aliphatic carbocycles. The molecule has 124 valence electrons. The number of benzene rings is 1. The van der Waals surface area contributed by atoms with Crippen molar-refractivity contribution >= 4 is 12.0 Å². The van der Waals surface area contributed by atoms with Gasteiger partial charge >= 0.3 is 0 Å². The molecule has 0 N–H and O–H groups in total. The molecule has 2 aliphatic heterocycles. The van der Waals surface area contributed by atoms with Crippen molar-refractivity contribution in [3.05, 3.63) is 41.5 Å². The number of carbonyl (C=O) groups excluding carboxylic acids is 1. The van der Waals surface area contributed by atoms with Gasteiger partial charge < -0.3 is 9.64 Å². The van der Waals surface area contributed by atoms with Crippen LogP contribution in [0.1, 0.15) is 17.5 Å². The van der Waals surface area contributed by atoms with Crippen molar-refractivity contribution in [2.75, 3.05) is 45.9 Å². The highest BCUT2D eigenvalue weighted by Gasteiger charge is 2.27. The summed E-state index contributed by atoms with van der Waals surface area (Å²) in [4.78, 5) is 16.8. The molecule has 3 rings (SSSR count). The van der Waals surface area contributed by atoms with Crippen LogP contribution in [0.4, 0.5) is 0 Å². The van der Waals surface area contributed by atoms with Gasteiger partial charge in [-0.05, 0) is 30.9 Å². The summed E-state index contributed by atoms with van der Waals surface area (Å²) in [7, 11) is 0. The van der Waals surface area contributed by atoms with E-state index in [2.05, 4.69) is 24.0 Å². The number of nitrogens with zero attached hydrogens (tertiary/aromatic N) is 2. The molecule has 0 radical (unpaired) electrons. The standard InChI is InChI=1S/C19H26N2O2/c1-16-3-2-4-17(13-16)5-6-19(22)21-8-7-18(15-21)14-20-9-11-23-12-10-20/h2-6,13,18H,7-12,14-15H2,1H3/b6-5-/t18-/m1/s1. The maximum atomic E-state index is 12.3. The van der Waals surface area contributed by atoms with Crippen LogP contribution in [0.25, 0.3) is 6.08 Å². The summed E-state index contributed by atoms with van der Waals surface area (Å²) in [5.41, 5.74) is 2.30. The number of morpholine rings is 1. The lowest BCUT2D eigenvalue weighted by molar-refractivity contribution is -0.125. The molecule has 2 aliphatic rings. The number of likely N-dealkylation sites (tertiary alicyclic amines) is 1. The predicted octanol–water partition coefficient (Wildman–Crippen LogP) is 2.19. The smallest absolute Gasteiger partial charge is 0.246 e. The van der Waals surface area contributed by atoms with E-state index >= 15 is 0 Å². The number of aryl methyl sites for hydroxylation is 1. The number of rotatable bonds is 4. The Labute approximate surface area is 138 Å². The highest BCUT2D eigenvalue weighted by Crippen LogP contribution is 2.19. The Kier molecular flexibility index (Phi) is 5.47. The number of carbonyl (C=O) groups is 1. The Morgan fingerprint density at radius 2 is 2.13 bits per heavy atom. The second kappa shape index (κ2) is 7.75. The van der Waals surface area contributed by atoms with Crippen molar-refractivity contribution in [2.24, 2.45) is 5.92 Å². The van der Waals surface area contributed by atoms with E-state index in [0.717, 1.165) is 57.9 Å². The van der Waals surface area contributed by atoms with E-state index in [4.69, 9.17) is 4.74 Å². The molecule has 23 heavy (non-hydrogen) atoms. The minimum Gasteiger partial charge on any atom is -0.379 e. The minimum atomic E-state index is 0.135. The first-order valence-electron chi connectivity index (χ1n) is 8.54. The fourth-order valence-electron chi connectivity index (χ4n) is 3.38. The molecule has 0 saturated carbocycles. The van der Waals surface area contributed by atoms with E-state index in [1.54, 1.807) is 6.08 Å². The van der Waals surface area contributed by atoms with Gasteiger partial charge in [-0.2, -0.15) is 0 Å². The number of hydrogen-bond acceptors (Lipinski definition) is 3. The third kappa shape index (κ3) is 4.66. The van der Waals surface area contributed by atoms with Gasteiger partial charge in [-0.1, -0.05) is 29.8 Å². The van der Waals surface area contributed by atoms with E-state index in [9.17, 15) is 4.79 Å². The zero-order valence-electron chi connectivity index (χ0n) is 13.9. The van der Waals surface area contributed by atoms with Gasteiger partial charge in [-0.15, -0.1) is 0 Å². The maximum Gasteiger partial charge on any atom is 0.246 e. The second-order valence-electron chi connectivity index (χ2n) is 6.60. The van der Waals surface area contributed by atoms with E-state index in [0.29, 0.717) is 5.92 Å². The van der Waals surface area contributed by atoms with Crippen LogP contribution in [-0.2, 0) is 9.53 Å². The first-order valence-corrected chi connectivity index (χ1v) is 8.54. The molecule has 4 heteroatoms. The fraction of sp³-hybridized carbons (Fsp3) is 0.526. The third-order valence-electron chi connectivity index (χ3n) is 4.68. The van der Waals surface area contributed by atoms with Gasteiger partial charge in [0.25, 0.3) is 0 Å². The average Bonchev–Trinajstić information content (AvgIpc) is 3.02. The van der Waals surface area contributed by atoms with Crippen LogP contribution in [0.5, 0.6) is 0 Å². The lowest BCUT2D eigenvalue weighted by atomic mass is 10.1. The Morgan fingerprint density at radius 1 is 1.30 bits per heavy atom. The van der Waals surface area contributed by atoms with Gasteiger partial charge in [-0.25, -0.2) is 0 Å². The van der Waals surface area contributed by atoms with Crippen LogP contribution in [0.15, 0.2) is 30.3 Å². The van der Waals surface area contributed by atoms with Crippen molar-refractivity contribution in [1.82, 2.24) is 9.80 Å². The van der Waals surface area contributed by atoms with Crippen molar-refractivity contribution < 1.29 is 9.53 Å². The fourth-order valence-corrected chi connectivity index (χ4v) is 3.38. The van der Waals surface area contributed by atoms with Crippen LogP contribution in [0.3, 0.4) is 0 Å². The van der Waals surface area contributed by atoms with Crippen molar-refractivity contribution in [3.8, 4) is 0 Å². The normalized spacial score (nSPS) is 22.8. The van der Waals surface area contributed by atoms with Crippen molar-refractivity contribution in [1.29, 1.82) is 0 Å². The van der Waals surface area contributed by atoms with Crippen LogP contribution in [0.2, 0.25) is 0 Å². The first-order chi connectivity index (χ1) is 11.2. The van der Waals surface area contributed by atoms with Crippen LogP contribution < -0.4 is 0 Å². The molecule has 0 unspecified atom stereocenters. The molecule has 0 spiro atoms. The number of amides is 1. The van der Waals surface area contributed by atoms with Crippen LogP contribution >= 0.6 is 0 Å². The van der Waals surface area contributed by atoms with Gasteiger partial charge in [-0.3, -0.25) is 9.69 Å². The molecule has 1 aromatic carbocycles. The van der Waals surface area contributed by atoms with E-state index < -0.39 is 0 Å². The first kappa shape index (κ1) is 16.2. The summed E-state index contributed by atoms with van der Waals surface area (Å²) >= 11 is 0. The molecule has 4 nitrogen and oxygen atoms in total. The van der Waals surface area contributed by atoms with Gasteiger partial charge in [0.1, 0.15) is 0 Å². The highest BCUT2D eigenvalue weighted by molar-refractivity contribution is 5.92. The summed E-state index contributed by atoms with van der Waals surface area (Å²) in [5.74, 6) is 0.736. The Hall–Kier alpha value is -1.65. The zero-order chi connectivity index (χ0) is 16.1. The summed E-state index contributed by atoms with van der Waals surface area (Å²) in [5, 5.41) is 0. The van der Waals surface area contributed by atoms with E-state index in [-0.39, 0.29) is 5.91 Å². The number of hydrogen-bond donors (Lipinski definition) is 0. The minimum absolute atomic E-state index is 0.135. The largest absolute Gasteiger partial charge is 0.379 e. The Balaban J connectivity index is 1.49. The quantitative estimate of drug-likeness (QED) is 0.799. The zero-order valence-corrected chi connectivity index (χ0v) is 13.9. The molecule has 1 atom stereocenters. The van der Waals surface area contributed by atoms with Gasteiger partial charge in [0.05, 0.1) is 13.2 Å². The molecule has 0 aromatic heterocycles. The summed E-state index contributed by atoms with van der Waals surface area (Å²) in [6.07, 6.45) is 4.75. The Bertz CT molecular complexity index is 564.